The highest BCUT2D eigenvalue weighted by atomic mass is 35.5. The molecule has 1 aromatic carbocycles. The van der Waals surface area contributed by atoms with Gasteiger partial charge in [0.2, 0.25) is 5.13 Å². The summed E-state index contributed by atoms with van der Waals surface area (Å²) in [4.78, 5) is 11.8. The van der Waals surface area contributed by atoms with Crippen LogP contribution in [0.4, 0.5) is 15.6 Å². The first kappa shape index (κ1) is 16.1. The number of urea groups is 1. The number of anilines is 2. The van der Waals surface area contributed by atoms with Crippen LogP contribution in [0.25, 0.3) is 0 Å². The minimum absolute atomic E-state index is 0.369. The fourth-order valence-electron chi connectivity index (χ4n) is 1.28. The van der Waals surface area contributed by atoms with Crippen molar-refractivity contribution in [3.8, 4) is 0 Å². The molecule has 1 aromatic heterocycles. The number of halogens is 2. The summed E-state index contributed by atoms with van der Waals surface area (Å²) in [7, 11) is 0. The molecule has 0 aliphatic carbocycles. The minimum Gasteiger partial charge on any atom is -0.308 e. The number of nitrogens with one attached hydrogen (secondary N) is 2. The second-order valence-electron chi connectivity index (χ2n) is 3.68. The Hall–Kier alpha value is -1.28. The first-order chi connectivity index (χ1) is 10.1. The molecular weight excluding hydrogens is 351 g/mol. The maximum atomic E-state index is 11.8. The van der Waals surface area contributed by atoms with E-state index in [-0.39, 0.29) is 0 Å². The molecule has 2 N–H and O–H groups in total. The summed E-state index contributed by atoms with van der Waals surface area (Å²) in [6.07, 6.45) is 1.77. The van der Waals surface area contributed by atoms with Gasteiger partial charge in [0, 0.05) is 11.4 Å². The van der Waals surface area contributed by atoms with Crippen molar-refractivity contribution in [2.75, 3.05) is 16.4 Å². The van der Waals surface area contributed by atoms with Crippen LogP contribution in [-0.4, -0.2) is 22.0 Å². The molecule has 2 aromatic rings. The summed E-state index contributed by atoms with van der Waals surface area (Å²) in [6, 6.07) is 4.40. The van der Waals surface area contributed by atoms with Gasteiger partial charge in [0.05, 0.1) is 10.0 Å². The van der Waals surface area contributed by atoms with Crippen LogP contribution in [0.2, 0.25) is 10.0 Å². The van der Waals surface area contributed by atoms with Crippen molar-refractivity contribution in [1.82, 2.24) is 10.2 Å². The molecule has 0 fully saturated rings. The number of aromatic nitrogens is 2. The van der Waals surface area contributed by atoms with Gasteiger partial charge in [-0.1, -0.05) is 52.4 Å². The Morgan fingerprint density at radius 3 is 2.86 bits per heavy atom. The highest BCUT2D eigenvalue weighted by molar-refractivity contribution is 8.01. The largest absolute Gasteiger partial charge is 0.325 e. The molecule has 0 unspecified atom stereocenters. The Bertz CT molecular complexity index is 662. The molecule has 110 valence electrons. The molecule has 0 saturated carbocycles. The van der Waals surface area contributed by atoms with Crippen LogP contribution in [0.3, 0.4) is 0 Å². The number of hydrogen-bond acceptors (Lipinski definition) is 5. The molecule has 21 heavy (non-hydrogen) atoms. The van der Waals surface area contributed by atoms with Crippen molar-refractivity contribution in [3.05, 3.63) is 40.9 Å². The van der Waals surface area contributed by atoms with Gasteiger partial charge in [-0.05, 0) is 18.2 Å². The van der Waals surface area contributed by atoms with E-state index in [0.29, 0.717) is 20.9 Å². The van der Waals surface area contributed by atoms with Crippen molar-refractivity contribution in [2.45, 2.75) is 4.34 Å². The molecule has 2 rings (SSSR count). The van der Waals surface area contributed by atoms with Crippen molar-refractivity contribution in [1.29, 1.82) is 0 Å². The molecule has 0 spiro atoms. The van der Waals surface area contributed by atoms with Gasteiger partial charge >= 0.3 is 6.03 Å². The Balaban J connectivity index is 1.93. The van der Waals surface area contributed by atoms with E-state index in [1.807, 2.05) is 0 Å². The normalized spacial score (nSPS) is 10.2. The Morgan fingerprint density at radius 2 is 2.14 bits per heavy atom. The van der Waals surface area contributed by atoms with Gasteiger partial charge in [-0.3, -0.25) is 5.32 Å². The molecule has 9 heteroatoms. The van der Waals surface area contributed by atoms with Crippen LogP contribution in [-0.2, 0) is 0 Å². The number of hydrogen-bond donors (Lipinski definition) is 2. The minimum atomic E-state index is -0.426. The Kier molecular flexibility index (Phi) is 5.86. The predicted octanol–water partition coefficient (Wildman–Crippen LogP) is 4.77. The fourth-order valence-corrected chi connectivity index (χ4v) is 3.09. The van der Waals surface area contributed by atoms with E-state index in [1.54, 1.807) is 24.3 Å². The number of carbonyl (C=O) groups is 1. The van der Waals surface area contributed by atoms with Crippen molar-refractivity contribution in [2.24, 2.45) is 0 Å². The summed E-state index contributed by atoms with van der Waals surface area (Å²) < 4.78 is 0.764. The maximum absolute atomic E-state index is 11.8. The molecule has 0 aliphatic heterocycles. The number of benzene rings is 1. The molecule has 5 nitrogen and oxygen atoms in total. The average Bonchev–Trinajstić information content (AvgIpc) is 2.88. The Morgan fingerprint density at radius 1 is 1.33 bits per heavy atom. The van der Waals surface area contributed by atoms with E-state index >= 15 is 0 Å². The van der Waals surface area contributed by atoms with Gasteiger partial charge in [0.1, 0.15) is 0 Å². The standard InChI is InChI=1S/C12H10Cl2N4OS2/c1-2-5-20-12-18-17-11(21-12)16-10(19)15-7-3-4-8(13)9(14)6-7/h2-4,6H,1,5H2,(H2,15,16,17,19). The van der Waals surface area contributed by atoms with Gasteiger partial charge in [0.25, 0.3) is 0 Å². The van der Waals surface area contributed by atoms with Gasteiger partial charge in [0.15, 0.2) is 4.34 Å². The SMILES string of the molecule is C=CCSc1nnc(NC(=O)Nc2ccc(Cl)c(Cl)c2)s1. The second-order valence-corrected chi connectivity index (χ2v) is 6.74. The van der Waals surface area contributed by atoms with Crippen LogP contribution in [0.1, 0.15) is 0 Å². The van der Waals surface area contributed by atoms with Gasteiger partial charge in [-0.15, -0.1) is 16.8 Å². The molecule has 0 atom stereocenters. The molecule has 0 radical (unpaired) electrons. The Labute approximate surface area is 139 Å². The van der Waals surface area contributed by atoms with E-state index in [1.165, 1.54) is 23.1 Å². The molecule has 0 bridgehead atoms. The van der Waals surface area contributed by atoms with E-state index in [4.69, 9.17) is 23.2 Å². The summed E-state index contributed by atoms with van der Waals surface area (Å²) in [5.41, 5.74) is 0.535. The number of amides is 2. The second kappa shape index (κ2) is 7.65. The number of nitrogens with zero attached hydrogens (tertiary/aromatic N) is 2. The summed E-state index contributed by atoms with van der Waals surface area (Å²) in [5, 5.41) is 14.3. The zero-order valence-electron chi connectivity index (χ0n) is 10.6. The number of carbonyl (C=O) groups excluding carboxylic acids is 1. The van der Waals surface area contributed by atoms with E-state index in [0.717, 1.165) is 10.1 Å². The molecule has 2 amide bonds. The zero-order valence-corrected chi connectivity index (χ0v) is 13.7. The van der Waals surface area contributed by atoms with Crippen molar-refractivity contribution >= 4 is 63.2 Å². The highest BCUT2D eigenvalue weighted by Gasteiger charge is 2.09. The zero-order chi connectivity index (χ0) is 15.2. The molecule has 0 aliphatic rings. The lowest BCUT2D eigenvalue weighted by atomic mass is 10.3. The van der Waals surface area contributed by atoms with E-state index in [9.17, 15) is 4.79 Å². The van der Waals surface area contributed by atoms with Crippen molar-refractivity contribution in [3.63, 3.8) is 0 Å². The third-order valence-electron chi connectivity index (χ3n) is 2.13. The summed E-state index contributed by atoms with van der Waals surface area (Å²) >= 11 is 14.5. The molecule has 0 saturated heterocycles. The third-order valence-corrected chi connectivity index (χ3v) is 4.84. The quantitative estimate of drug-likeness (QED) is 0.457. The lowest BCUT2D eigenvalue weighted by Gasteiger charge is -2.05. The smallest absolute Gasteiger partial charge is 0.308 e. The maximum Gasteiger partial charge on any atom is 0.325 e. The molecular formula is C12H10Cl2N4OS2. The third kappa shape index (κ3) is 4.89. The summed E-state index contributed by atoms with van der Waals surface area (Å²) in [6.45, 7) is 3.63. The first-order valence-corrected chi connectivity index (χ1v) is 8.24. The van der Waals surface area contributed by atoms with Crippen molar-refractivity contribution < 1.29 is 4.79 Å². The van der Waals surface area contributed by atoms with E-state index in [2.05, 4.69) is 27.4 Å². The number of thioether (sulfide) groups is 1. The topological polar surface area (TPSA) is 66.9 Å². The average molecular weight is 361 g/mol. The summed E-state index contributed by atoms with van der Waals surface area (Å²) in [5.74, 6) is 0.740. The first-order valence-electron chi connectivity index (χ1n) is 5.68. The van der Waals surface area contributed by atoms with Crippen LogP contribution in [0, 0.1) is 0 Å². The van der Waals surface area contributed by atoms with Crippen LogP contribution < -0.4 is 10.6 Å². The predicted molar refractivity (Wildman–Crippen MR) is 89.9 cm³/mol. The van der Waals surface area contributed by atoms with Crippen LogP contribution >= 0.6 is 46.3 Å². The van der Waals surface area contributed by atoms with Crippen LogP contribution in [0.5, 0.6) is 0 Å². The number of rotatable bonds is 5. The fraction of sp³-hybridized carbons (Fsp3) is 0.0833. The lowest BCUT2D eigenvalue weighted by molar-refractivity contribution is 0.262. The monoisotopic (exact) mass is 360 g/mol. The molecule has 1 heterocycles. The van der Waals surface area contributed by atoms with Gasteiger partial charge in [-0.25, -0.2) is 4.79 Å². The van der Waals surface area contributed by atoms with Gasteiger partial charge in [-0.2, -0.15) is 0 Å². The van der Waals surface area contributed by atoms with E-state index < -0.39 is 6.03 Å². The lowest BCUT2D eigenvalue weighted by Crippen LogP contribution is -2.19. The van der Waals surface area contributed by atoms with Gasteiger partial charge < -0.3 is 5.32 Å². The van der Waals surface area contributed by atoms with Crippen LogP contribution in [0.15, 0.2) is 35.2 Å². The highest BCUT2D eigenvalue weighted by Crippen LogP contribution is 2.26.